The van der Waals surface area contributed by atoms with E-state index in [1.165, 1.54) is 16.8 Å². The third kappa shape index (κ3) is 4.57. The fourth-order valence-electron chi connectivity index (χ4n) is 3.31. The number of hydrogen-bond donors (Lipinski definition) is 0. The lowest BCUT2D eigenvalue weighted by molar-refractivity contribution is -0.132. The zero-order valence-corrected chi connectivity index (χ0v) is 16.0. The van der Waals surface area contributed by atoms with Crippen LogP contribution in [0.25, 0.3) is 0 Å². The minimum absolute atomic E-state index is 0.180. The molecule has 0 radical (unpaired) electrons. The van der Waals surface area contributed by atoms with Gasteiger partial charge in [0.2, 0.25) is 5.91 Å². The first-order valence-corrected chi connectivity index (χ1v) is 9.32. The number of piperazine rings is 1. The molecule has 0 N–H and O–H groups in total. The topological polar surface area (TPSA) is 32.8 Å². The lowest BCUT2D eigenvalue weighted by atomic mass is 10.1. The van der Waals surface area contributed by atoms with Crippen molar-refractivity contribution < 1.29 is 9.53 Å². The van der Waals surface area contributed by atoms with Gasteiger partial charge in [0.25, 0.3) is 0 Å². The highest BCUT2D eigenvalue weighted by Gasteiger charge is 2.21. The Bertz CT molecular complexity index is 764. The van der Waals surface area contributed by atoms with E-state index in [4.69, 9.17) is 4.74 Å². The molecule has 2 aromatic rings. The van der Waals surface area contributed by atoms with E-state index in [0.29, 0.717) is 13.0 Å². The Morgan fingerprint density at radius 1 is 0.962 bits per heavy atom. The van der Waals surface area contributed by atoms with E-state index in [2.05, 4.69) is 48.2 Å². The van der Waals surface area contributed by atoms with Crippen molar-refractivity contribution in [3.05, 3.63) is 59.2 Å². The molecule has 26 heavy (non-hydrogen) atoms. The average Bonchev–Trinajstić information content (AvgIpc) is 2.64. The van der Waals surface area contributed by atoms with Crippen molar-refractivity contribution in [2.45, 2.75) is 27.2 Å². The van der Waals surface area contributed by atoms with Gasteiger partial charge in [-0.2, -0.15) is 0 Å². The molecule has 0 aromatic heterocycles. The number of carbonyl (C=O) groups is 1. The number of hydrogen-bond acceptors (Lipinski definition) is 3. The SMILES string of the molecule is Cc1cccc(N2CCN(C(=O)CCOc3cc(C)ccc3C)CC2)c1. The van der Waals surface area contributed by atoms with Crippen molar-refractivity contribution in [1.29, 1.82) is 0 Å². The normalized spacial score (nSPS) is 14.4. The van der Waals surface area contributed by atoms with Crippen LogP contribution in [-0.4, -0.2) is 43.6 Å². The monoisotopic (exact) mass is 352 g/mol. The first kappa shape index (κ1) is 18.3. The summed E-state index contributed by atoms with van der Waals surface area (Å²) in [5.41, 5.74) is 4.79. The fourth-order valence-corrected chi connectivity index (χ4v) is 3.31. The summed E-state index contributed by atoms with van der Waals surface area (Å²) in [6, 6.07) is 14.7. The number of ether oxygens (including phenoxy) is 1. The minimum atomic E-state index is 0.180. The largest absolute Gasteiger partial charge is 0.493 e. The number of benzene rings is 2. The molecule has 0 saturated carbocycles. The molecule has 4 heteroatoms. The first-order chi connectivity index (χ1) is 12.5. The van der Waals surface area contributed by atoms with Crippen LogP contribution in [0.1, 0.15) is 23.1 Å². The van der Waals surface area contributed by atoms with Gasteiger partial charge < -0.3 is 14.5 Å². The van der Waals surface area contributed by atoms with Crippen LogP contribution in [0, 0.1) is 20.8 Å². The van der Waals surface area contributed by atoms with Crippen molar-refractivity contribution in [2.75, 3.05) is 37.7 Å². The van der Waals surface area contributed by atoms with Gasteiger partial charge in [-0.25, -0.2) is 0 Å². The van der Waals surface area contributed by atoms with Gasteiger partial charge in [0.1, 0.15) is 5.75 Å². The third-order valence-corrected chi connectivity index (χ3v) is 4.92. The maximum absolute atomic E-state index is 12.5. The zero-order valence-electron chi connectivity index (χ0n) is 16.0. The Balaban J connectivity index is 1.46. The molecule has 1 fully saturated rings. The molecule has 138 valence electrons. The molecule has 1 saturated heterocycles. The van der Waals surface area contributed by atoms with Crippen LogP contribution >= 0.6 is 0 Å². The second-order valence-electron chi connectivity index (χ2n) is 7.07. The van der Waals surface area contributed by atoms with Gasteiger partial charge in [0.05, 0.1) is 13.0 Å². The molecule has 2 aromatic carbocycles. The second kappa shape index (κ2) is 8.26. The predicted octanol–water partition coefficient (Wildman–Crippen LogP) is 3.73. The molecule has 0 bridgehead atoms. The number of amides is 1. The number of aryl methyl sites for hydroxylation is 3. The first-order valence-electron chi connectivity index (χ1n) is 9.32. The maximum atomic E-state index is 12.5. The van der Waals surface area contributed by atoms with Gasteiger partial charge in [0, 0.05) is 31.9 Å². The molecule has 1 amide bonds. The van der Waals surface area contributed by atoms with E-state index in [9.17, 15) is 4.79 Å². The Hall–Kier alpha value is -2.49. The third-order valence-electron chi connectivity index (χ3n) is 4.92. The van der Waals surface area contributed by atoms with Crippen LogP contribution in [0.15, 0.2) is 42.5 Å². The molecule has 1 aliphatic heterocycles. The molecular formula is C22H28N2O2. The summed E-state index contributed by atoms with van der Waals surface area (Å²) in [4.78, 5) is 16.8. The Morgan fingerprint density at radius 2 is 1.69 bits per heavy atom. The average molecular weight is 352 g/mol. The molecule has 0 spiro atoms. The van der Waals surface area contributed by atoms with E-state index in [1.807, 2.05) is 24.8 Å². The summed E-state index contributed by atoms with van der Waals surface area (Å²) in [5, 5.41) is 0. The van der Waals surface area contributed by atoms with Gasteiger partial charge >= 0.3 is 0 Å². The van der Waals surface area contributed by atoms with E-state index in [-0.39, 0.29) is 5.91 Å². The van der Waals surface area contributed by atoms with E-state index < -0.39 is 0 Å². The summed E-state index contributed by atoms with van der Waals surface area (Å²) in [5.74, 6) is 1.06. The molecule has 0 aliphatic carbocycles. The smallest absolute Gasteiger partial charge is 0.226 e. The summed E-state index contributed by atoms with van der Waals surface area (Å²) in [6.07, 6.45) is 0.428. The van der Waals surface area contributed by atoms with Crippen molar-refractivity contribution in [2.24, 2.45) is 0 Å². The highest BCUT2D eigenvalue weighted by atomic mass is 16.5. The molecular weight excluding hydrogens is 324 g/mol. The fraction of sp³-hybridized carbons (Fsp3) is 0.409. The van der Waals surface area contributed by atoms with Crippen LogP contribution < -0.4 is 9.64 Å². The lowest BCUT2D eigenvalue weighted by Crippen LogP contribution is -2.49. The molecule has 1 aliphatic rings. The van der Waals surface area contributed by atoms with Crippen molar-refractivity contribution in [3.8, 4) is 5.75 Å². The van der Waals surface area contributed by atoms with Crippen molar-refractivity contribution >= 4 is 11.6 Å². The van der Waals surface area contributed by atoms with Crippen LogP contribution in [0.2, 0.25) is 0 Å². The van der Waals surface area contributed by atoms with Crippen LogP contribution in [-0.2, 0) is 4.79 Å². The summed E-state index contributed by atoms with van der Waals surface area (Å²) in [6.45, 7) is 9.93. The van der Waals surface area contributed by atoms with Gasteiger partial charge in [-0.05, 0) is 55.7 Å². The van der Waals surface area contributed by atoms with Crippen LogP contribution in [0.3, 0.4) is 0 Å². The van der Waals surface area contributed by atoms with Crippen LogP contribution in [0.4, 0.5) is 5.69 Å². The minimum Gasteiger partial charge on any atom is -0.493 e. The standard InChI is InChI=1S/C22H28N2O2/c1-17-5-4-6-20(15-17)23-10-12-24(13-11-23)22(25)9-14-26-21-16-18(2)7-8-19(21)3/h4-8,15-16H,9-14H2,1-3H3. The van der Waals surface area contributed by atoms with Crippen molar-refractivity contribution in [1.82, 2.24) is 4.90 Å². The summed E-state index contributed by atoms with van der Waals surface area (Å²) < 4.78 is 5.82. The van der Waals surface area contributed by atoms with Crippen molar-refractivity contribution in [3.63, 3.8) is 0 Å². The van der Waals surface area contributed by atoms with E-state index in [0.717, 1.165) is 37.5 Å². The molecule has 4 nitrogen and oxygen atoms in total. The van der Waals surface area contributed by atoms with E-state index >= 15 is 0 Å². The van der Waals surface area contributed by atoms with Gasteiger partial charge in [-0.1, -0.05) is 24.3 Å². The highest BCUT2D eigenvalue weighted by Crippen LogP contribution is 2.20. The van der Waals surface area contributed by atoms with Gasteiger partial charge in [-0.15, -0.1) is 0 Å². The number of rotatable bonds is 5. The maximum Gasteiger partial charge on any atom is 0.226 e. The summed E-state index contributed by atoms with van der Waals surface area (Å²) in [7, 11) is 0. The molecule has 0 unspecified atom stereocenters. The number of nitrogens with zero attached hydrogens (tertiary/aromatic N) is 2. The van der Waals surface area contributed by atoms with E-state index in [1.54, 1.807) is 0 Å². The summed E-state index contributed by atoms with van der Waals surface area (Å²) >= 11 is 0. The Labute approximate surface area is 156 Å². The lowest BCUT2D eigenvalue weighted by Gasteiger charge is -2.36. The molecule has 3 rings (SSSR count). The Morgan fingerprint density at radius 3 is 2.42 bits per heavy atom. The highest BCUT2D eigenvalue weighted by molar-refractivity contribution is 5.76. The Kier molecular flexibility index (Phi) is 5.82. The van der Waals surface area contributed by atoms with Gasteiger partial charge in [0.15, 0.2) is 0 Å². The van der Waals surface area contributed by atoms with Crippen LogP contribution in [0.5, 0.6) is 5.75 Å². The zero-order chi connectivity index (χ0) is 18.5. The number of carbonyl (C=O) groups excluding carboxylic acids is 1. The second-order valence-corrected chi connectivity index (χ2v) is 7.07. The molecule has 1 heterocycles. The quantitative estimate of drug-likeness (QED) is 0.822. The predicted molar refractivity (Wildman–Crippen MR) is 106 cm³/mol. The number of anilines is 1. The van der Waals surface area contributed by atoms with Gasteiger partial charge in [-0.3, -0.25) is 4.79 Å². The molecule has 0 atom stereocenters.